The van der Waals surface area contributed by atoms with Crippen molar-refractivity contribution < 1.29 is 9.53 Å². The Labute approximate surface area is 134 Å². The third kappa shape index (κ3) is 3.71. The molecule has 0 bridgehead atoms. The van der Waals surface area contributed by atoms with E-state index >= 15 is 0 Å². The number of anilines is 1. The fourth-order valence-electron chi connectivity index (χ4n) is 2.02. The topological polar surface area (TPSA) is 64.1 Å². The Kier molecular flexibility index (Phi) is 4.29. The molecule has 0 saturated carbocycles. The molecular weight excluding hydrogens is 290 g/mol. The van der Waals surface area contributed by atoms with Gasteiger partial charge >= 0.3 is 0 Å². The number of hydrogen-bond acceptors (Lipinski definition) is 4. The van der Waals surface area contributed by atoms with Crippen LogP contribution in [0.5, 0.6) is 11.6 Å². The van der Waals surface area contributed by atoms with Gasteiger partial charge < -0.3 is 10.1 Å². The highest BCUT2D eigenvalue weighted by Gasteiger charge is 2.12. The number of nitrogens with zero attached hydrogens (tertiary/aromatic N) is 2. The van der Waals surface area contributed by atoms with Crippen molar-refractivity contribution in [3.05, 3.63) is 78.2 Å². The Morgan fingerprint density at radius 1 is 1.00 bits per heavy atom. The van der Waals surface area contributed by atoms with Crippen molar-refractivity contribution in [2.75, 3.05) is 5.32 Å². The number of benzene rings is 1. The molecule has 5 heteroatoms. The molecule has 2 aromatic heterocycles. The first kappa shape index (κ1) is 14.7. The maximum Gasteiger partial charge on any atom is 0.274 e. The standard InChI is InChI=1S/C18H15N3O2/c1-13-7-5-10-15(20-13)17(22)21-16-11-6-12-19-18(16)23-14-8-3-2-4-9-14/h2-12H,1H3,(H,21,22). The van der Waals surface area contributed by atoms with Crippen molar-refractivity contribution in [2.45, 2.75) is 6.92 Å². The smallest absolute Gasteiger partial charge is 0.274 e. The number of carbonyl (C=O) groups is 1. The zero-order valence-electron chi connectivity index (χ0n) is 12.6. The monoisotopic (exact) mass is 305 g/mol. The Balaban J connectivity index is 1.82. The highest BCUT2D eigenvalue weighted by atomic mass is 16.5. The van der Waals surface area contributed by atoms with Gasteiger partial charge in [-0.05, 0) is 43.3 Å². The van der Waals surface area contributed by atoms with Crippen LogP contribution in [0.4, 0.5) is 5.69 Å². The number of carbonyl (C=O) groups excluding carboxylic acids is 1. The van der Waals surface area contributed by atoms with Crippen LogP contribution < -0.4 is 10.1 Å². The van der Waals surface area contributed by atoms with Gasteiger partial charge in [0.25, 0.3) is 5.91 Å². The molecule has 0 aliphatic heterocycles. The molecule has 114 valence electrons. The first-order valence-electron chi connectivity index (χ1n) is 7.15. The van der Waals surface area contributed by atoms with E-state index in [0.717, 1.165) is 5.69 Å². The predicted molar refractivity (Wildman–Crippen MR) is 87.7 cm³/mol. The van der Waals surface area contributed by atoms with E-state index < -0.39 is 0 Å². The van der Waals surface area contributed by atoms with Crippen LogP contribution in [-0.4, -0.2) is 15.9 Å². The van der Waals surface area contributed by atoms with Gasteiger partial charge in [0, 0.05) is 11.9 Å². The van der Waals surface area contributed by atoms with E-state index in [1.807, 2.05) is 43.3 Å². The number of ether oxygens (including phenoxy) is 1. The Bertz CT molecular complexity index is 819. The number of aryl methyl sites for hydroxylation is 1. The average Bonchev–Trinajstić information content (AvgIpc) is 2.57. The Morgan fingerprint density at radius 2 is 1.83 bits per heavy atom. The van der Waals surface area contributed by atoms with Crippen LogP contribution >= 0.6 is 0 Å². The number of amides is 1. The lowest BCUT2D eigenvalue weighted by Crippen LogP contribution is -2.14. The van der Waals surface area contributed by atoms with Crippen LogP contribution in [0.15, 0.2) is 66.9 Å². The predicted octanol–water partition coefficient (Wildman–Crippen LogP) is 3.83. The Morgan fingerprint density at radius 3 is 2.61 bits per heavy atom. The number of aromatic nitrogens is 2. The molecule has 1 amide bonds. The van der Waals surface area contributed by atoms with Gasteiger partial charge in [-0.15, -0.1) is 0 Å². The summed E-state index contributed by atoms with van der Waals surface area (Å²) in [6, 6.07) is 18.0. The summed E-state index contributed by atoms with van der Waals surface area (Å²) in [5.41, 5.74) is 1.62. The summed E-state index contributed by atoms with van der Waals surface area (Å²) >= 11 is 0. The molecule has 5 nitrogen and oxygen atoms in total. The van der Waals surface area contributed by atoms with Crippen LogP contribution in [0.3, 0.4) is 0 Å². The summed E-state index contributed by atoms with van der Waals surface area (Å²) in [5.74, 6) is 0.676. The molecule has 0 fully saturated rings. The molecule has 1 aromatic carbocycles. The Hall–Kier alpha value is -3.21. The van der Waals surface area contributed by atoms with Crippen LogP contribution in [0, 0.1) is 6.92 Å². The van der Waals surface area contributed by atoms with Gasteiger partial charge in [0.1, 0.15) is 17.1 Å². The highest BCUT2D eigenvalue weighted by molar-refractivity contribution is 6.03. The van der Waals surface area contributed by atoms with E-state index in [1.54, 1.807) is 30.5 Å². The molecule has 0 radical (unpaired) electrons. The molecule has 0 unspecified atom stereocenters. The molecule has 1 N–H and O–H groups in total. The lowest BCUT2D eigenvalue weighted by molar-refractivity contribution is 0.102. The van der Waals surface area contributed by atoms with Gasteiger partial charge in [0.2, 0.25) is 5.88 Å². The molecule has 3 aromatic rings. The first-order chi connectivity index (χ1) is 11.2. The summed E-state index contributed by atoms with van der Waals surface area (Å²) in [5, 5.41) is 2.79. The van der Waals surface area contributed by atoms with Gasteiger partial charge in [-0.3, -0.25) is 4.79 Å². The van der Waals surface area contributed by atoms with E-state index in [4.69, 9.17) is 4.74 Å². The number of pyridine rings is 2. The van der Waals surface area contributed by atoms with Crippen LogP contribution in [0.2, 0.25) is 0 Å². The van der Waals surface area contributed by atoms with Gasteiger partial charge in [-0.25, -0.2) is 9.97 Å². The summed E-state index contributed by atoms with van der Waals surface area (Å²) in [4.78, 5) is 20.7. The molecule has 0 spiro atoms. The third-order valence-corrected chi connectivity index (χ3v) is 3.10. The van der Waals surface area contributed by atoms with Crippen molar-refractivity contribution in [1.29, 1.82) is 0 Å². The quantitative estimate of drug-likeness (QED) is 0.795. The number of hydrogen-bond donors (Lipinski definition) is 1. The molecule has 0 saturated heterocycles. The van der Waals surface area contributed by atoms with Gasteiger partial charge in [0.15, 0.2) is 0 Å². The van der Waals surface area contributed by atoms with Gasteiger partial charge in [-0.1, -0.05) is 24.3 Å². The minimum absolute atomic E-state index is 0.306. The van der Waals surface area contributed by atoms with Crippen molar-refractivity contribution in [1.82, 2.24) is 9.97 Å². The van der Waals surface area contributed by atoms with Crippen LogP contribution in [0.25, 0.3) is 0 Å². The lowest BCUT2D eigenvalue weighted by Gasteiger charge is -2.10. The maximum atomic E-state index is 12.3. The van der Waals surface area contributed by atoms with Crippen LogP contribution in [0.1, 0.15) is 16.2 Å². The third-order valence-electron chi connectivity index (χ3n) is 3.10. The molecule has 3 rings (SSSR count). The van der Waals surface area contributed by atoms with Gasteiger partial charge in [0.05, 0.1) is 0 Å². The van der Waals surface area contributed by atoms with Crippen molar-refractivity contribution in [3.8, 4) is 11.6 Å². The van der Waals surface area contributed by atoms with Gasteiger partial charge in [-0.2, -0.15) is 0 Å². The van der Waals surface area contributed by atoms with E-state index in [-0.39, 0.29) is 5.91 Å². The molecule has 23 heavy (non-hydrogen) atoms. The van der Waals surface area contributed by atoms with E-state index in [0.29, 0.717) is 23.0 Å². The lowest BCUT2D eigenvalue weighted by atomic mass is 10.3. The SMILES string of the molecule is Cc1cccc(C(=O)Nc2cccnc2Oc2ccccc2)n1. The van der Waals surface area contributed by atoms with Crippen LogP contribution in [-0.2, 0) is 0 Å². The summed E-state index contributed by atoms with van der Waals surface area (Å²) in [6.07, 6.45) is 1.61. The molecule has 0 atom stereocenters. The largest absolute Gasteiger partial charge is 0.437 e. The molecule has 2 heterocycles. The second-order valence-electron chi connectivity index (χ2n) is 4.89. The minimum Gasteiger partial charge on any atom is -0.437 e. The molecular formula is C18H15N3O2. The summed E-state index contributed by atoms with van der Waals surface area (Å²) in [6.45, 7) is 1.84. The zero-order chi connectivity index (χ0) is 16.1. The molecule has 0 aliphatic carbocycles. The fraction of sp³-hybridized carbons (Fsp3) is 0.0556. The number of para-hydroxylation sites is 1. The average molecular weight is 305 g/mol. The number of rotatable bonds is 4. The molecule has 0 aliphatic rings. The number of nitrogens with one attached hydrogen (secondary N) is 1. The van der Waals surface area contributed by atoms with E-state index in [9.17, 15) is 4.79 Å². The fourth-order valence-corrected chi connectivity index (χ4v) is 2.02. The first-order valence-corrected chi connectivity index (χ1v) is 7.15. The summed E-state index contributed by atoms with van der Waals surface area (Å²) in [7, 11) is 0. The normalized spacial score (nSPS) is 10.1. The second kappa shape index (κ2) is 6.70. The van der Waals surface area contributed by atoms with Crippen molar-refractivity contribution >= 4 is 11.6 Å². The highest BCUT2D eigenvalue weighted by Crippen LogP contribution is 2.26. The zero-order valence-corrected chi connectivity index (χ0v) is 12.6. The van der Waals surface area contributed by atoms with E-state index in [1.165, 1.54) is 0 Å². The van der Waals surface area contributed by atoms with Crippen molar-refractivity contribution in [3.63, 3.8) is 0 Å². The van der Waals surface area contributed by atoms with Crippen molar-refractivity contribution in [2.24, 2.45) is 0 Å². The second-order valence-corrected chi connectivity index (χ2v) is 4.89. The summed E-state index contributed by atoms with van der Waals surface area (Å²) < 4.78 is 5.72. The van der Waals surface area contributed by atoms with E-state index in [2.05, 4.69) is 15.3 Å². The maximum absolute atomic E-state index is 12.3. The minimum atomic E-state index is -0.306.